The highest BCUT2D eigenvalue weighted by molar-refractivity contribution is 6.26. The molecule has 0 spiro atoms. The molecule has 1 amide bonds. The van der Waals surface area contributed by atoms with E-state index in [4.69, 9.17) is 4.74 Å². The number of ether oxygens (including phenoxy) is 1. The van der Waals surface area contributed by atoms with Gasteiger partial charge < -0.3 is 15.2 Å². The van der Waals surface area contributed by atoms with Gasteiger partial charge in [-0.25, -0.2) is 0 Å². The number of ketones is 1. The minimum atomic E-state index is -0.601. The molecule has 0 radical (unpaired) electrons. The van der Waals surface area contributed by atoms with Crippen LogP contribution in [0.15, 0.2) is 54.6 Å². The monoisotopic (exact) mass is 675 g/mol. The first-order valence-electron chi connectivity index (χ1n) is 19.4. The molecule has 4 saturated carbocycles. The van der Waals surface area contributed by atoms with Crippen molar-refractivity contribution in [2.75, 3.05) is 13.2 Å². The van der Waals surface area contributed by atoms with Crippen molar-refractivity contribution in [2.24, 2.45) is 46.3 Å². The van der Waals surface area contributed by atoms with E-state index in [2.05, 4.69) is 50.4 Å². The maximum Gasteiger partial charge on any atom is 0.325 e. The molecule has 4 fully saturated rings. The molecule has 50 heavy (non-hydrogen) atoms. The molecule has 9 atom stereocenters. The molecular weight excluding hydrogens is 622 g/mol. The lowest BCUT2D eigenvalue weighted by Gasteiger charge is -2.61. The predicted molar refractivity (Wildman–Crippen MR) is 198 cm³/mol. The third-order valence-corrected chi connectivity index (χ3v) is 14.8. The lowest BCUT2D eigenvalue weighted by atomic mass is 9.44. The van der Waals surface area contributed by atoms with Gasteiger partial charge in [-0.2, -0.15) is 0 Å². The highest BCUT2D eigenvalue weighted by Gasteiger charge is 2.60. The summed E-state index contributed by atoms with van der Waals surface area (Å²) in [6.07, 6.45) is 12.0. The first-order valence-corrected chi connectivity index (χ1v) is 19.4. The minimum Gasteiger partial charge on any atom is -0.456 e. The van der Waals surface area contributed by atoms with Gasteiger partial charge in [-0.3, -0.25) is 14.4 Å². The quantitative estimate of drug-likeness (QED) is 0.105. The van der Waals surface area contributed by atoms with Crippen molar-refractivity contribution in [3.8, 4) is 0 Å². The van der Waals surface area contributed by atoms with Crippen LogP contribution >= 0.6 is 0 Å². The second kappa shape index (κ2) is 12.9. The topological polar surface area (TPSA) is 92.7 Å². The molecular formula is C44H53NO5. The first-order chi connectivity index (χ1) is 24.1. The molecule has 8 rings (SSSR count). The molecule has 0 aromatic heterocycles. The van der Waals surface area contributed by atoms with Crippen LogP contribution in [-0.2, 0) is 14.3 Å². The van der Waals surface area contributed by atoms with Gasteiger partial charge in [0.05, 0.1) is 6.10 Å². The number of esters is 1. The number of aliphatic hydroxyl groups is 1. The maximum absolute atomic E-state index is 13.3. The smallest absolute Gasteiger partial charge is 0.325 e. The van der Waals surface area contributed by atoms with Gasteiger partial charge in [-0.05, 0) is 143 Å². The molecule has 4 aromatic rings. The summed E-state index contributed by atoms with van der Waals surface area (Å²) in [7, 11) is 0. The van der Waals surface area contributed by atoms with Crippen LogP contribution in [0.2, 0.25) is 0 Å². The summed E-state index contributed by atoms with van der Waals surface area (Å²) in [5.41, 5.74) is 1.26. The van der Waals surface area contributed by atoms with Crippen molar-refractivity contribution in [3.05, 3.63) is 60.2 Å². The summed E-state index contributed by atoms with van der Waals surface area (Å²) in [4.78, 5) is 38.7. The summed E-state index contributed by atoms with van der Waals surface area (Å²) >= 11 is 0. The van der Waals surface area contributed by atoms with Gasteiger partial charge >= 0.3 is 5.97 Å². The Morgan fingerprint density at radius 1 is 0.840 bits per heavy atom. The number of rotatable bonds is 9. The van der Waals surface area contributed by atoms with E-state index in [1.165, 1.54) is 44.9 Å². The number of carbonyl (C=O) groups is 3. The number of benzene rings is 4. The Morgan fingerprint density at radius 2 is 1.54 bits per heavy atom. The van der Waals surface area contributed by atoms with Crippen LogP contribution in [0.5, 0.6) is 0 Å². The van der Waals surface area contributed by atoms with Gasteiger partial charge in [0.1, 0.15) is 6.54 Å². The average Bonchev–Trinajstić information content (AvgIpc) is 3.48. The normalized spacial score (nSPS) is 32.7. The highest BCUT2D eigenvalue weighted by atomic mass is 16.5. The van der Waals surface area contributed by atoms with Gasteiger partial charge in [0.2, 0.25) is 11.7 Å². The van der Waals surface area contributed by atoms with Crippen molar-refractivity contribution in [3.63, 3.8) is 0 Å². The van der Waals surface area contributed by atoms with Crippen LogP contribution in [-0.4, -0.2) is 42.0 Å². The number of carbonyl (C=O) groups excluding carboxylic acids is 3. The first kappa shape index (κ1) is 33.6. The molecule has 4 aliphatic rings. The average molecular weight is 676 g/mol. The number of nitrogens with one attached hydrogen (secondary N) is 1. The van der Waals surface area contributed by atoms with Crippen LogP contribution in [0, 0.1) is 46.3 Å². The Balaban J connectivity index is 0.821. The molecule has 6 heteroatoms. The summed E-state index contributed by atoms with van der Waals surface area (Å²) in [6.45, 7) is 6.85. The van der Waals surface area contributed by atoms with E-state index in [0.29, 0.717) is 40.6 Å². The van der Waals surface area contributed by atoms with E-state index in [9.17, 15) is 19.5 Å². The third kappa shape index (κ3) is 5.61. The summed E-state index contributed by atoms with van der Waals surface area (Å²) in [6, 6.07) is 18.2. The molecule has 0 heterocycles. The molecule has 0 aliphatic heterocycles. The second-order valence-corrected chi connectivity index (χ2v) is 17.2. The van der Waals surface area contributed by atoms with Gasteiger partial charge in [0.15, 0.2) is 6.61 Å². The fraction of sp³-hybridized carbons (Fsp3) is 0.568. The Morgan fingerprint density at radius 3 is 2.34 bits per heavy atom. The Kier molecular flexibility index (Phi) is 8.69. The number of fused-ring (bicyclic) bond motifs is 5. The Bertz CT molecular complexity index is 1920. The molecule has 4 aromatic carbocycles. The summed E-state index contributed by atoms with van der Waals surface area (Å²) in [5.74, 6) is 3.12. The zero-order chi connectivity index (χ0) is 34.8. The largest absolute Gasteiger partial charge is 0.456 e. The standard InChI is InChI=1S/C44H53NO5/c1-26(35-16-17-36-34-15-12-30-23-31(46)19-21-43(30,2)37(34)20-22-44(35,36)3)7-18-39(48)45-24-40(49)50-25-38(47)32-13-10-29-9-8-27-5-4-6-28-11-14-33(32)42(29)41(27)28/h4-6,8-11,13-14,26,30-31,34-37,46H,7,12,15-25H2,1-3H3,(H,45,48)/t26-,30-,31-,34+,35-,36+,37+,43+,44-/m1/s1. The molecule has 0 bridgehead atoms. The van der Waals surface area contributed by atoms with E-state index >= 15 is 0 Å². The summed E-state index contributed by atoms with van der Waals surface area (Å²) < 4.78 is 5.35. The number of hydrogen-bond acceptors (Lipinski definition) is 5. The van der Waals surface area contributed by atoms with Crippen LogP contribution in [0.3, 0.4) is 0 Å². The predicted octanol–water partition coefficient (Wildman–Crippen LogP) is 8.86. The molecule has 0 unspecified atom stereocenters. The van der Waals surface area contributed by atoms with Crippen molar-refractivity contribution < 1.29 is 24.2 Å². The second-order valence-electron chi connectivity index (χ2n) is 17.2. The fourth-order valence-electron chi connectivity index (χ4n) is 12.3. The van der Waals surface area contributed by atoms with Gasteiger partial charge in [-0.1, -0.05) is 75.4 Å². The minimum absolute atomic E-state index is 0.0985. The van der Waals surface area contributed by atoms with E-state index in [-0.39, 0.29) is 30.9 Å². The van der Waals surface area contributed by atoms with Crippen molar-refractivity contribution in [1.29, 1.82) is 0 Å². The molecule has 264 valence electrons. The number of amides is 1. The number of Topliss-reactive ketones (excluding diaryl/α,β-unsaturated/α-hetero) is 1. The molecule has 2 N–H and O–H groups in total. The molecule has 4 aliphatic carbocycles. The lowest BCUT2D eigenvalue weighted by molar-refractivity contribution is -0.142. The summed E-state index contributed by atoms with van der Waals surface area (Å²) in [5, 5.41) is 19.5. The van der Waals surface area contributed by atoms with Crippen molar-refractivity contribution in [2.45, 2.75) is 97.5 Å². The highest BCUT2D eigenvalue weighted by Crippen LogP contribution is 2.68. The third-order valence-electron chi connectivity index (χ3n) is 14.8. The molecule has 0 saturated heterocycles. The van der Waals surface area contributed by atoms with Crippen LogP contribution < -0.4 is 5.32 Å². The van der Waals surface area contributed by atoms with Crippen LogP contribution in [0.1, 0.15) is 102 Å². The fourth-order valence-corrected chi connectivity index (χ4v) is 12.3. The van der Waals surface area contributed by atoms with E-state index in [1.807, 2.05) is 30.3 Å². The van der Waals surface area contributed by atoms with Crippen molar-refractivity contribution in [1.82, 2.24) is 5.32 Å². The molecule has 6 nitrogen and oxygen atoms in total. The van der Waals surface area contributed by atoms with Gasteiger partial charge in [0.25, 0.3) is 0 Å². The number of aliphatic hydroxyl groups excluding tert-OH is 1. The zero-order valence-electron chi connectivity index (χ0n) is 30.0. The Labute approximate surface area is 296 Å². The Hall–Kier alpha value is -3.51. The van der Waals surface area contributed by atoms with E-state index < -0.39 is 5.97 Å². The lowest BCUT2D eigenvalue weighted by Crippen LogP contribution is -2.54. The van der Waals surface area contributed by atoms with Gasteiger partial charge in [0, 0.05) is 12.0 Å². The zero-order valence-corrected chi connectivity index (χ0v) is 30.0. The van der Waals surface area contributed by atoms with Crippen LogP contribution in [0.4, 0.5) is 0 Å². The van der Waals surface area contributed by atoms with E-state index in [1.54, 1.807) is 0 Å². The maximum atomic E-state index is 13.3. The SMILES string of the molecule is C[C@H](CCC(=O)NCC(=O)OCC(=O)c1ccc2ccc3cccc4ccc1c2c34)[C@H]1CC[C@H]2[C@@H]3CC[C@@H]4C[C@H](O)CC[C@]4(C)[C@H]3CC[C@]12C. The van der Waals surface area contributed by atoms with Gasteiger partial charge in [-0.15, -0.1) is 0 Å². The number of hydrogen-bond donors (Lipinski definition) is 2. The van der Waals surface area contributed by atoms with Crippen LogP contribution in [0.25, 0.3) is 32.3 Å². The van der Waals surface area contributed by atoms with Crippen molar-refractivity contribution >= 4 is 50.0 Å². The van der Waals surface area contributed by atoms with E-state index in [0.717, 1.165) is 69.3 Å².